The molecule has 1 atom stereocenters. The first-order valence-corrected chi connectivity index (χ1v) is 8.87. The van der Waals surface area contributed by atoms with E-state index >= 15 is 0 Å². The largest absolute Gasteiger partial charge is 0.464 e. The number of ether oxygens (including phenoxy) is 1. The molecule has 0 spiro atoms. The van der Waals surface area contributed by atoms with E-state index < -0.39 is 18.0 Å². The lowest BCUT2D eigenvalue weighted by Crippen LogP contribution is -2.30. The molecule has 0 aliphatic rings. The van der Waals surface area contributed by atoms with Gasteiger partial charge in [-0.2, -0.15) is 0 Å². The van der Waals surface area contributed by atoms with Gasteiger partial charge in [-0.15, -0.1) is 0 Å². The van der Waals surface area contributed by atoms with Crippen LogP contribution < -0.4 is 5.32 Å². The fourth-order valence-corrected chi connectivity index (χ4v) is 2.93. The van der Waals surface area contributed by atoms with Crippen LogP contribution in [0.4, 0.5) is 5.82 Å². The molecule has 0 unspecified atom stereocenters. The van der Waals surface area contributed by atoms with Gasteiger partial charge in [0.05, 0.1) is 22.7 Å². The molecule has 0 aliphatic heterocycles. The Hall–Kier alpha value is -2.57. The fourth-order valence-electron chi connectivity index (χ4n) is 2.50. The maximum atomic E-state index is 12.2. The first-order chi connectivity index (χ1) is 12.8. The highest BCUT2D eigenvalue weighted by Gasteiger charge is 2.20. The van der Waals surface area contributed by atoms with E-state index in [-0.39, 0.29) is 17.3 Å². The van der Waals surface area contributed by atoms with Crippen molar-refractivity contribution in [3.05, 3.63) is 57.9 Å². The Balaban J connectivity index is 1.61. The van der Waals surface area contributed by atoms with Gasteiger partial charge in [0.1, 0.15) is 5.58 Å². The second kappa shape index (κ2) is 7.98. The summed E-state index contributed by atoms with van der Waals surface area (Å²) in [6.07, 6.45) is 1.85. The maximum Gasteiger partial charge on any atom is 0.311 e. The van der Waals surface area contributed by atoms with Gasteiger partial charge in [-0.1, -0.05) is 35.3 Å². The predicted octanol–water partition coefficient (Wildman–Crippen LogP) is 4.56. The van der Waals surface area contributed by atoms with Crippen molar-refractivity contribution in [2.45, 2.75) is 26.4 Å². The molecule has 1 N–H and O–H groups in total. The molecular formula is C19H16Cl2N2O4. The van der Waals surface area contributed by atoms with E-state index in [1.165, 1.54) is 25.5 Å². The number of benzene rings is 1. The number of esters is 1. The average Bonchev–Trinajstić information content (AvgIpc) is 2.98. The van der Waals surface area contributed by atoms with Crippen molar-refractivity contribution < 1.29 is 18.7 Å². The molecule has 140 valence electrons. The predicted molar refractivity (Wildman–Crippen MR) is 103 cm³/mol. The van der Waals surface area contributed by atoms with E-state index in [9.17, 15) is 9.59 Å². The zero-order valence-electron chi connectivity index (χ0n) is 14.6. The summed E-state index contributed by atoms with van der Waals surface area (Å²) >= 11 is 11.7. The van der Waals surface area contributed by atoms with Crippen molar-refractivity contribution in [3.63, 3.8) is 0 Å². The molecule has 0 saturated heterocycles. The van der Waals surface area contributed by atoms with Gasteiger partial charge in [-0.05, 0) is 31.5 Å². The van der Waals surface area contributed by atoms with Crippen LogP contribution in [0.25, 0.3) is 11.0 Å². The molecule has 3 aromatic rings. The van der Waals surface area contributed by atoms with E-state index in [0.717, 1.165) is 10.9 Å². The van der Waals surface area contributed by atoms with Crippen molar-refractivity contribution in [2.75, 3.05) is 5.32 Å². The van der Waals surface area contributed by atoms with Crippen LogP contribution in [0.5, 0.6) is 0 Å². The quantitative estimate of drug-likeness (QED) is 0.628. The van der Waals surface area contributed by atoms with Crippen LogP contribution in [0.3, 0.4) is 0 Å². The standard InChI is InChI=1S/C19H16Cl2N2O4/c1-10-3-4-14-12(9-26-16(14)5-10)6-17(24)27-11(2)19(25)23-18-15(21)7-13(20)8-22-18/h3-5,7-9,11H,6H2,1-2H3,(H,22,23,25)/t11-/m0/s1. The van der Waals surface area contributed by atoms with Gasteiger partial charge in [-0.25, -0.2) is 4.98 Å². The first-order valence-electron chi connectivity index (χ1n) is 8.11. The second-order valence-corrected chi connectivity index (χ2v) is 6.89. The number of anilines is 1. The minimum absolute atomic E-state index is 0.00632. The Labute approximate surface area is 165 Å². The minimum Gasteiger partial charge on any atom is -0.464 e. The van der Waals surface area contributed by atoms with Gasteiger partial charge in [0.25, 0.3) is 5.91 Å². The number of halogens is 2. The Kier molecular flexibility index (Phi) is 5.68. The number of hydrogen-bond donors (Lipinski definition) is 1. The Bertz CT molecular complexity index is 1020. The molecular weight excluding hydrogens is 391 g/mol. The van der Waals surface area contributed by atoms with Crippen molar-refractivity contribution in [2.24, 2.45) is 0 Å². The number of carbonyl (C=O) groups is 2. The zero-order valence-corrected chi connectivity index (χ0v) is 16.1. The van der Waals surface area contributed by atoms with Gasteiger partial charge in [-0.3, -0.25) is 9.59 Å². The topological polar surface area (TPSA) is 81.4 Å². The van der Waals surface area contributed by atoms with Crippen LogP contribution >= 0.6 is 23.2 Å². The Morgan fingerprint density at radius 1 is 1.30 bits per heavy atom. The molecule has 2 aromatic heterocycles. The number of nitrogens with zero attached hydrogens (tertiary/aromatic N) is 1. The molecule has 27 heavy (non-hydrogen) atoms. The number of aryl methyl sites for hydroxylation is 1. The van der Waals surface area contributed by atoms with Crippen molar-refractivity contribution in [1.29, 1.82) is 0 Å². The first kappa shape index (κ1) is 19.2. The van der Waals surface area contributed by atoms with E-state index in [2.05, 4.69) is 10.3 Å². The average molecular weight is 407 g/mol. The number of aromatic nitrogens is 1. The SMILES string of the molecule is Cc1ccc2c(CC(=O)O[C@@H](C)C(=O)Nc3ncc(Cl)cc3Cl)coc2c1. The van der Waals surface area contributed by atoms with Crippen LogP contribution in [0.2, 0.25) is 10.0 Å². The van der Waals surface area contributed by atoms with Crippen molar-refractivity contribution in [3.8, 4) is 0 Å². The van der Waals surface area contributed by atoms with Gasteiger partial charge in [0.2, 0.25) is 0 Å². The van der Waals surface area contributed by atoms with Gasteiger partial charge in [0.15, 0.2) is 11.9 Å². The lowest BCUT2D eigenvalue weighted by atomic mass is 10.1. The molecule has 1 aromatic carbocycles. The van der Waals surface area contributed by atoms with E-state index in [1.807, 2.05) is 25.1 Å². The monoisotopic (exact) mass is 406 g/mol. The highest BCUT2D eigenvalue weighted by atomic mass is 35.5. The molecule has 0 fully saturated rings. The molecule has 1 amide bonds. The van der Waals surface area contributed by atoms with Crippen molar-refractivity contribution in [1.82, 2.24) is 4.98 Å². The zero-order chi connectivity index (χ0) is 19.6. The number of nitrogens with one attached hydrogen (secondary N) is 1. The normalized spacial score (nSPS) is 12.0. The fraction of sp³-hybridized carbons (Fsp3) is 0.211. The lowest BCUT2D eigenvalue weighted by Gasteiger charge is -2.13. The number of hydrogen-bond acceptors (Lipinski definition) is 5. The molecule has 3 rings (SSSR count). The highest BCUT2D eigenvalue weighted by molar-refractivity contribution is 6.36. The van der Waals surface area contributed by atoms with Crippen LogP contribution in [-0.4, -0.2) is 23.0 Å². The molecule has 0 radical (unpaired) electrons. The number of amides is 1. The number of rotatable bonds is 5. The van der Waals surface area contributed by atoms with Gasteiger partial charge in [0, 0.05) is 17.1 Å². The second-order valence-electron chi connectivity index (χ2n) is 6.04. The van der Waals surface area contributed by atoms with Crippen LogP contribution in [-0.2, 0) is 20.7 Å². The Morgan fingerprint density at radius 3 is 2.81 bits per heavy atom. The summed E-state index contributed by atoms with van der Waals surface area (Å²) < 4.78 is 10.7. The summed E-state index contributed by atoms with van der Waals surface area (Å²) in [5, 5.41) is 3.88. The van der Waals surface area contributed by atoms with Crippen molar-refractivity contribution >= 4 is 51.9 Å². The molecule has 0 bridgehead atoms. The summed E-state index contributed by atoms with van der Waals surface area (Å²) in [5.74, 6) is -0.950. The van der Waals surface area contributed by atoms with E-state index in [1.54, 1.807) is 0 Å². The highest BCUT2D eigenvalue weighted by Crippen LogP contribution is 2.24. The van der Waals surface area contributed by atoms with E-state index in [4.69, 9.17) is 32.4 Å². The summed E-state index contributed by atoms with van der Waals surface area (Å²) in [5.41, 5.74) is 2.46. The third kappa shape index (κ3) is 4.59. The third-order valence-corrected chi connectivity index (χ3v) is 4.37. The number of carbonyl (C=O) groups excluding carboxylic acids is 2. The number of fused-ring (bicyclic) bond motifs is 1. The molecule has 6 nitrogen and oxygen atoms in total. The molecule has 2 heterocycles. The van der Waals surface area contributed by atoms with Crippen LogP contribution in [0.1, 0.15) is 18.1 Å². The smallest absolute Gasteiger partial charge is 0.311 e. The number of pyridine rings is 1. The number of furan rings is 1. The van der Waals surface area contributed by atoms with Crippen LogP contribution in [0, 0.1) is 6.92 Å². The summed E-state index contributed by atoms with van der Waals surface area (Å²) in [6.45, 7) is 3.42. The Morgan fingerprint density at radius 2 is 2.07 bits per heavy atom. The van der Waals surface area contributed by atoms with Gasteiger partial charge < -0.3 is 14.5 Å². The van der Waals surface area contributed by atoms with Gasteiger partial charge >= 0.3 is 5.97 Å². The van der Waals surface area contributed by atoms with Crippen LogP contribution in [0.15, 0.2) is 41.1 Å². The third-order valence-electron chi connectivity index (χ3n) is 3.87. The summed E-state index contributed by atoms with van der Waals surface area (Å²) in [6, 6.07) is 7.17. The lowest BCUT2D eigenvalue weighted by molar-refractivity contribution is -0.152. The summed E-state index contributed by atoms with van der Waals surface area (Å²) in [7, 11) is 0. The van der Waals surface area contributed by atoms with E-state index in [0.29, 0.717) is 16.2 Å². The maximum absolute atomic E-state index is 12.2. The molecule has 0 aliphatic carbocycles. The minimum atomic E-state index is -1.02. The summed E-state index contributed by atoms with van der Waals surface area (Å²) in [4.78, 5) is 28.3. The molecule has 8 heteroatoms. The molecule has 0 saturated carbocycles.